The summed E-state index contributed by atoms with van der Waals surface area (Å²) in [5.74, 6) is 0.643. The van der Waals surface area contributed by atoms with Gasteiger partial charge >= 0.3 is 0 Å². The fourth-order valence-electron chi connectivity index (χ4n) is 3.27. The van der Waals surface area contributed by atoms with Crippen LogP contribution in [0.1, 0.15) is 5.56 Å². The minimum absolute atomic E-state index is 0.0141. The van der Waals surface area contributed by atoms with E-state index in [9.17, 15) is 4.79 Å². The molecule has 1 amide bonds. The lowest BCUT2D eigenvalue weighted by Crippen LogP contribution is -2.51. The van der Waals surface area contributed by atoms with Crippen LogP contribution < -0.4 is 4.90 Å². The number of hydrogen-bond acceptors (Lipinski definition) is 4. The highest BCUT2D eigenvalue weighted by atomic mass is 35.5. The predicted molar refractivity (Wildman–Crippen MR) is 115 cm³/mol. The molecule has 6 nitrogen and oxygen atoms in total. The van der Waals surface area contributed by atoms with Crippen molar-refractivity contribution in [2.24, 2.45) is 10.1 Å². The van der Waals surface area contributed by atoms with Gasteiger partial charge in [-0.25, -0.2) is 5.01 Å². The van der Waals surface area contributed by atoms with Crippen molar-refractivity contribution in [2.45, 2.75) is 0 Å². The molecule has 0 atom stereocenters. The van der Waals surface area contributed by atoms with Gasteiger partial charge in [-0.1, -0.05) is 41.9 Å². The van der Waals surface area contributed by atoms with E-state index in [1.165, 1.54) is 0 Å². The van der Waals surface area contributed by atoms with Crippen LogP contribution in [0, 0.1) is 0 Å². The first-order valence-corrected chi connectivity index (χ1v) is 9.55. The molecule has 2 aromatic carbocycles. The van der Waals surface area contributed by atoms with E-state index in [2.05, 4.69) is 21.7 Å². The van der Waals surface area contributed by atoms with E-state index >= 15 is 0 Å². The van der Waals surface area contributed by atoms with E-state index in [4.69, 9.17) is 11.6 Å². The summed E-state index contributed by atoms with van der Waals surface area (Å²) >= 11 is 5.96. The van der Waals surface area contributed by atoms with Crippen LogP contribution in [0.3, 0.4) is 0 Å². The predicted octanol–water partition coefficient (Wildman–Crippen LogP) is 2.98. The molecule has 28 heavy (non-hydrogen) atoms. The molecule has 7 heteroatoms. The average molecular weight is 398 g/mol. The second kappa shape index (κ2) is 9.37. The molecule has 0 saturated carbocycles. The number of anilines is 1. The van der Waals surface area contributed by atoms with Gasteiger partial charge in [0.25, 0.3) is 0 Å². The topological polar surface area (TPSA) is 51.5 Å². The van der Waals surface area contributed by atoms with Crippen molar-refractivity contribution in [1.29, 1.82) is 0 Å². The Bertz CT molecular complexity index is 830. The molecule has 0 aliphatic carbocycles. The van der Waals surface area contributed by atoms with Crippen LogP contribution in [-0.2, 0) is 4.79 Å². The number of hydrazone groups is 1. The molecular formula is C21H24ClN5O. The lowest BCUT2D eigenvalue weighted by Gasteiger charge is -2.36. The number of aliphatic imine (C=N–C) groups is 1. The molecule has 3 rings (SSSR count). The summed E-state index contributed by atoms with van der Waals surface area (Å²) < 4.78 is 0. The number of amides is 1. The maximum absolute atomic E-state index is 12.8. The van der Waals surface area contributed by atoms with Crippen molar-refractivity contribution < 1.29 is 4.79 Å². The number of piperazine rings is 1. The highest BCUT2D eigenvalue weighted by Gasteiger charge is 2.24. The first-order valence-electron chi connectivity index (χ1n) is 9.17. The van der Waals surface area contributed by atoms with Crippen LogP contribution in [0.25, 0.3) is 0 Å². The van der Waals surface area contributed by atoms with E-state index in [-0.39, 0.29) is 12.5 Å². The number of halogens is 1. The Labute approximate surface area is 170 Å². The zero-order valence-electron chi connectivity index (χ0n) is 16.0. The van der Waals surface area contributed by atoms with Gasteiger partial charge in [-0.3, -0.25) is 9.79 Å². The highest BCUT2D eigenvalue weighted by molar-refractivity contribution is 6.30. The van der Waals surface area contributed by atoms with E-state index < -0.39 is 0 Å². The average Bonchev–Trinajstić information content (AvgIpc) is 2.75. The van der Waals surface area contributed by atoms with Crippen molar-refractivity contribution in [1.82, 2.24) is 9.91 Å². The Kier molecular flexibility index (Phi) is 6.66. The largest absolute Gasteiger partial charge is 0.368 e. The highest BCUT2D eigenvalue weighted by Crippen LogP contribution is 2.19. The standard InChI is InChI=1S/C21H24ClN5O/c1-23-21(17-6-4-3-5-7-17)27(24-2)16-20(28)26-14-12-25(13-15-26)19-10-8-18(22)9-11-19/h3-11H,2,12-16H2,1H3. The summed E-state index contributed by atoms with van der Waals surface area (Å²) in [6.45, 7) is 6.62. The first-order chi connectivity index (χ1) is 13.6. The molecule has 1 aliphatic heterocycles. The number of amidine groups is 1. The Morgan fingerprint density at radius 1 is 1.07 bits per heavy atom. The minimum Gasteiger partial charge on any atom is -0.368 e. The van der Waals surface area contributed by atoms with Crippen LogP contribution in [0.5, 0.6) is 0 Å². The molecule has 2 aromatic rings. The van der Waals surface area contributed by atoms with Crippen molar-refractivity contribution in [3.63, 3.8) is 0 Å². The number of nitrogens with zero attached hydrogens (tertiary/aromatic N) is 5. The van der Waals surface area contributed by atoms with Gasteiger partial charge in [0, 0.05) is 56.2 Å². The SMILES string of the molecule is C=NN(CC(=O)N1CCN(c2ccc(Cl)cc2)CC1)C(=NC)c1ccccc1. The molecule has 1 saturated heterocycles. The smallest absolute Gasteiger partial charge is 0.244 e. The quantitative estimate of drug-likeness (QED) is 0.442. The monoisotopic (exact) mass is 397 g/mol. The molecule has 0 radical (unpaired) electrons. The zero-order chi connectivity index (χ0) is 19.9. The maximum atomic E-state index is 12.8. The Hall–Kier alpha value is -2.86. The van der Waals surface area contributed by atoms with E-state index in [1.807, 2.05) is 59.5 Å². The third kappa shape index (κ3) is 4.70. The van der Waals surface area contributed by atoms with E-state index in [1.54, 1.807) is 12.1 Å². The minimum atomic E-state index is 0.0141. The summed E-state index contributed by atoms with van der Waals surface area (Å²) in [5.41, 5.74) is 2.02. The summed E-state index contributed by atoms with van der Waals surface area (Å²) in [6, 6.07) is 17.5. The van der Waals surface area contributed by atoms with Crippen molar-refractivity contribution in [3.05, 3.63) is 65.2 Å². The van der Waals surface area contributed by atoms with Gasteiger partial charge in [-0.15, -0.1) is 0 Å². The molecular weight excluding hydrogens is 374 g/mol. The van der Waals surface area contributed by atoms with Gasteiger partial charge in [0.2, 0.25) is 5.91 Å². The molecule has 1 fully saturated rings. The second-order valence-corrected chi connectivity index (χ2v) is 6.89. The summed E-state index contributed by atoms with van der Waals surface area (Å²) in [4.78, 5) is 21.2. The molecule has 0 spiro atoms. The molecule has 0 bridgehead atoms. The molecule has 146 valence electrons. The Morgan fingerprint density at radius 3 is 2.29 bits per heavy atom. The fourth-order valence-corrected chi connectivity index (χ4v) is 3.39. The van der Waals surface area contributed by atoms with Crippen LogP contribution in [0.4, 0.5) is 5.69 Å². The third-order valence-electron chi connectivity index (χ3n) is 4.77. The zero-order valence-corrected chi connectivity index (χ0v) is 16.7. The maximum Gasteiger partial charge on any atom is 0.244 e. The number of benzene rings is 2. The van der Waals surface area contributed by atoms with Gasteiger partial charge in [0.05, 0.1) is 0 Å². The van der Waals surface area contributed by atoms with Gasteiger partial charge in [-0.05, 0) is 24.3 Å². The summed E-state index contributed by atoms with van der Waals surface area (Å²) in [6.07, 6.45) is 0. The van der Waals surface area contributed by atoms with Gasteiger partial charge in [-0.2, -0.15) is 5.10 Å². The van der Waals surface area contributed by atoms with E-state index in [0.29, 0.717) is 18.9 Å². The van der Waals surface area contributed by atoms with Gasteiger partial charge < -0.3 is 9.80 Å². The lowest BCUT2D eigenvalue weighted by atomic mass is 10.2. The van der Waals surface area contributed by atoms with Crippen molar-refractivity contribution >= 4 is 35.7 Å². The van der Waals surface area contributed by atoms with Crippen LogP contribution >= 0.6 is 11.6 Å². The second-order valence-electron chi connectivity index (χ2n) is 6.46. The Morgan fingerprint density at radius 2 is 1.71 bits per heavy atom. The van der Waals surface area contributed by atoms with Crippen LogP contribution in [0.2, 0.25) is 5.02 Å². The van der Waals surface area contributed by atoms with E-state index in [0.717, 1.165) is 29.4 Å². The van der Waals surface area contributed by atoms with Gasteiger partial charge in [0.1, 0.15) is 6.54 Å². The summed E-state index contributed by atoms with van der Waals surface area (Å²) in [7, 11) is 1.69. The van der Waals surface area contributed by atoms with Gasteiger partial charge in [0.15, 0.2) is 5.84 Å². The summed E-state index contributed by atoms with van der Waals surface area (Å²) in [5, 5.41) is 6.31. The molecule has 0 unspecified atom stereocenters. The van der Waals surface area contributed by atoms with Crippen LogP contribution in [0.15, 0.2) is 64.7 Å². The third-order valence-corrected chi connectivity index (χ3v) is 5.02. The number of hydrogen-bond donors (Lipinski definition) is 0. The molecule has 1 aliphatic rings. The first kappa shape index (κ1) is 19.9. The van der Waals surface area contributed by atoms with Crippen LogP contribution in [-0.4, -0.2) is 68.1 Å². The number of rotatable bonds is 5. The number of carbonyl (C=O) groups excluding carboxylic acids is 1. The number of carbonyl (C=O) groups is 1. The van der Waals surface area contributed by atoms with Crippen molar-refractivity contribution in [2.75, 3.05) is 44.7 Å². The molecule has 0 N–H and O–H groups in total. The molecule has 0 aromatic heterocycles. The van der Waals surface area contributed by atoms with Crippen molar-refractivity contribution in [3.8, 4) is 0 Å². The fraction of sp³-hybridized carbons (Fsp3) is 0.286. The molecule has 1 heterocycles. The Balaban J connectivity index is 1.60. The lowest BCUT2D eigenvalue weighted by molar-refractivity contribution is -0.131. The normalized spacial score (nSPS) is 14.7.